The number of hydrogen-bond acceptors (Lipinski definition) is 2. The zero-order valence-corrected chi connectivity index (χ0v) is 12.2. The van der Waals surface area contributed by atoms with Gasteiger partial charge in [0, 0.05) is 12.6 Å². The van der Waals surface area contributed by atoms with Gasteiger partial charge in [-0.05, 0) is 42.3 Å². The van der Waals surface area contributed by atoms with Gasteiger partial charge in [-0.15, -0.1) is 0 Å². The van der Waals surface area contributed by atoms with Gasteiger partial charge in [-0.1, -0.05) is 29.8 Å². The summed E-state index contributed by atoms with van der Waals surface area (Å²) in [5.41, 5.74) is 1.99. The number of nitrogens with one attached hydrogen (secondary N) is 1. The van der Waals surface area contributed by atoms with E-state index in [1.807, 2.05) is 37.3 Å². The molecule has 2 nitrogen and oxygen atoms in total. The van der Waals surface area contributed by atoms with Crippen LogP contribution in [0.5, 0.6) is 5.75 Å². The van der Waals surface area contributed by atoms with E-state index >= 15 is 0 Å². The summed E-state index contributed by atoms with van der Waals surface area (Å²) in [6.45, 7) is 2.67. The average Bonchev–Trinajstić information content (AvgIpc) is 2.47. The van der Waals surface area contributed by atoms with Gasteiger partial charge in [0.1, 0.15) is 11.6 Å². The van der Waals surface area contributed by atoms with Crippen molar-refractivity contribution < 1.29 is 9.13 Å². The van der Waals surface area contributed by atoms with E-state index in [-0.39, 0.29) is 16.9 Å². The number of rotatable bonds is 5. The summed E-state index contributed by atoms with van der Waals surface area (Å²) in [6, 6.07) is 12.8. The highest BCUT2D eigenvalue weighted by atomic mass is 35.5. The third-order valence-electron chi connectivity index (χ3n) is 3.19. The summed E-state index contributed by atoms with van der Waals surface area (Å²) in [5, 5.41) is 3.49. The molecule has 0 saturated carbocycles. The number of ether oxygens (including phenoxy) is 1. The molecule has 0 saturated heterocycles. The molecule has 2 rings (SSSR count). The zero-order chi connectivity index (χ0) is 14.5. The van der Waals surface area contributed by atoms with Crippen molar-refractivity contribution in [1.82, 2.24) is 5.32 Å². The van der Waals surface area contributed by atoms with Gasteiger partial charge in [0.05, 0.1) is 12.1 Å². The minimum atomic E-state index is -0.390. The molecule has 2 aromatic carbocycles. The lowest BCUT2D eigenvalue weighted by Gasteiger charge is -2.15. The van der Waals surface area contributed by atoms with E-state index in [4.69, 9.17) is 16.3 Å². The van der Waals surface area contributed by atoms with Crippen molar-refractivity contribution in [3.63, 3.8) is 0 Å². The Bertz CT molecular complexity index is 588. The summed E-state index contributed by atoms with van der Waals surface area (Å²) in [7, 11) is 1.64. The van der Waals surface area contributed by atoms with Crippen molar-refractivity contribution in [1.29, 1.82) is 0 Å². The maximum Gasteiger partial charge on any atom is 0.142 e. The van der Waals surface area contributed by atoms with E-state index in [1.165, 1.54) is 6.07 Å². The van der Waals surface area contributed by atoms with Gasteiger partial charge in [-0.2, -0.15) is 0 Å². The van der Waals surface area contributed by atoms with Crippen molar-refractivity contribution in [3.8, 4) is 5.75 Å². The van der Waals surface area contributed by atoms with Crippen LogP contribution in [-0.2, 0) is 6.54 Å². The molecule has 0 aliphatic rings. The van der Waals surface area contributed by atoms with Crippen LogP contribution in [0.3, 0.4) is 0 Å². The molecule has 1 N–H and O–H groups in total. The molecule has 0 amide bonds. The Morgan fingerprint density at radius 1 is 1.25 bits per heavy atom. The standard InChI is InChI=1S/C16H17ClFNO/c1-11(13-6-7-15(17)16(18)9-13)19-10-12-4-3-5-14(8-12)20-2/h3-9,11,19H,10H2,1-2H3. The van der Waals surface area contributed by atoms with E-state index in [2.05, 4.69) is 5.32 Å². The second-order valence-corrected chi connectivity index (χ2v) is 5.03. The monoisotopic (exact) mass is 293 g/mol. The predicted molar refractivity (Wildman–Crippen MR) is 79.7 cm³/mol. The number of halogens is 2. The summed E-state index contributed by atoms with van der Waals surface area (Å²) in [4.78, 5) is 0. The first kappa shape index (κ1) is 14.8. The van der Waals surface area contributed by atoms with Gasteiger partial charge >= 0.3 is 0 Å². The minimum absolute atomic E-state index is 0.0352. The Morgan fingerprint density at radius 2 is 2.05 bits per heavy atom. The van der Waals surface area contributed by atoms with Crippen LogP contribution in [0, 0.1) is 5.82 Å². The first-order valence-electron chi connectivity index (χ1n) is 6.41. The van der Waals surface area contributed by atoms with E-state index in [9.17, 15) is 4.39 Å². The molecule has 2 aromatic rings. The van der Waals surface area contributed by atoms with Crippen molar-refractivity contribution in [2.45, 2.75) is 19.5 Å². The molecule has 0 radical (unpaired) electrons. The summed E-state index contributed by atoms with van der Waals surface area (Å²) in [6.07, 6.45) is 0. The largest absolute Gasteiger partial charge is 0.497 e. The van der Waals surface area contributed by atoms with E-state index in [1.54, 1.807) is 13.2 Å². The highest BCUT2D eigenvalue weighted by Gasteiger charge is 2.08. The van der Waals surface area contributed by atoms with Crippen LogP contribution in [0.2, 0.25) is 5.02 Å². The molecule has 1 atom stereocenters. The van der Waals surface area contributed by atoms with Crippen molar-refractivity contribution in [2.24, 2.45) is 0 Å². The molecule has 0 aliphatic carbocycles. The van der Waals surface area contributed by atoms with Gasteiger partial charge in [0.2, 0.25) is 0 Å². The SMILES string of the molecule is COc1cccc(CNC(C)c2ccc(Cl)c(F)c2)c1. The molecule has 1 unspecified atom stereocenters. The predicted octanol–water partition coefficient (Wildman–Crippen LogP) is 4.34. The quantitative estimate of drug-likeness (QED) is 0.885. The Labute approximate surface area is 123 Å². The molecule has 0 spiro atoms. The van der Waals surface area contributed by atoms with Crippen LogP contribution < -0.4 is 10.1 Å². The Kier molecular flexibility index (Phi) is 4.99. The van der Waals surface area contributed by atoms with Gasteiger partial charge in [0.15, 0.2) is 0 Å². The van der Waals surface area contributed by atoms with Crippen molar-refractivity contribution >= 4 is 11.6 Å². The lowest BCUT2D eigenvalue weighted by molar-refractivity contribution is 0.414. The zero-order valence-electron chi connectivity index (χ0n) is 11.5. The van der Waals surface area contributed by atoms with Crippen LogP contribution >= 0.6 is 11.6 Å². The summed E-state index contributed by atoms with van der Waals surface area (Å²) < 4.78 is 18.6. The molecule has 106 valence electrons. The van der Waals surface area contributed by atoms with Crippen LogP contribution in [0.4, 0.5) is 4.39 Å². The van der Waals surface area contributed by atoms with Gasteiger partial charge in [-0.3, -0.25) is 0 Å². The number of hydrogen-bond donors (Lipinski definition) is 1. The fourth-order valence-corrected chi connectivity index (χ4v) is 2.07. The highest BCUT2D eigenvalue weighted by Crippen LogP contribution is 2.20. The normalized spacial score (nSPS) is 12.2. The lowest BCUT2D eigenvalue weighted by atomic mass is 10.1. The molecule has 0 aromatic heterocycles. The van der Waals surface area contributed by atoms with Gasteiger partial charge < -0.3 is 10.1 Å². The molecule has 0 heterocycles. The maximum atomic E-state index is 13.4. The third-order valence-corrected chi connectivity index (χ3v) is 3.50. The van der Waals surface area contributed by atoms with E-state index in [0.717, 1.165) is 16.9 Å². The average molecular weight is 294 g/mol. The van der Waals surface area contributed by atoms with Crippen LogP contribution in [-0.4, -0.2) is 7.11 Å². The molecule has 0 fully saturated rings. The Balaban J connectivity index is 2.00. The topological polar surface area (TPSA) is 21.3 Å². The van der Waals surface area contributed by atoms with Crippen LogP contribution in [0.1, 0.15) is 24.1 Å². The van der Waals surface area contributed by atoms with E-state index in [0.29, 0.717) is 6.54 Å². The summed E-state index contributed by atoms with van der Waals surface area (Å²) >= 11 is 5.68. The molecule has 0 aliphatic heterocycles. The lowest BCUT2D eigenvalue weighted by Crippen LogP contribution is -2.18. The first-order chi connectivity index (χ1) is 9.60. The fourth-order valence-electron chi connectivity index (χ4n) is 1.95. The van der Waals surface area contributed by atoms with Crippen LogP contribution in [0.25, 0.3) is 0 Å². The smallest absolute Gasteiger partial charge is 0.142 e. The Hall–Kier alpha value is -1.58. The molecular weight excluding hydrogens is 277 g/mol. The number of benzene rings is 2. The second kappa shape index (κ2) is 6.73. The van der Waals surface area contributed by atoms with Crippen LogP contribution in [0.15, 0.2) is 42.5 Å². The molecule has 4 heteroatoms. The van der Waals surface area contributed by atoms with Gasteiger partial charge in [0.25, 0.3) is 0 Å². The highest BCUT2D eigenvalue weighted by molar-refractivity contribution is 6.30. The number of methoxy groups -OCH3 is 1. The summed E-state index contributed by atoms with van der Waals surface area (Å²) in [5.74, 6) is 0.439. The van der Waals surface area contributed by atoms with Crippen molar-refractivity contribution in [3.05, 3.63) is 64.4 Å². The molecule has 0 bridgehead atoms. The molecule has 20 heavy (non-hydrogen) atoms. The molecular formula is C16H17ClFNO. The van der Waals surface area contributed by atoms with Crippen molar-refractivity contribution in [2.75, 3.05) is 7.11 Å². The van der Waals surface area contributed by atoms with E-state index < -0.39 is 0 Å². The minimum Gasteiger partial charge on any atom is -0.497 e. The second-order valence-electron chi connectivity index (χ2n) is 4.63. The third kappa shape index (κ3) is 3.71. The fraction of sp³-hybridized carbons (Fsp3) is 0.250. The first-order valence-corrected chi connectivity index (χ1v) is 6.79. The van der Waals surface area contributed by atoms with Gasteiger partial charge in [-0.25, -0.2) is 4.39 Å². The maximum absolute atomic E-state index is 13.4. The Morgan fingerprint density at radius 3 is 2.75 bits per heavy atom.